The first-order valence-corrected chi connectivity index (χ1v) is 15.9. The predicted molar refractivity (Wildman–Crippen MR) is 170 cm³/mol. The van der Waals surface area contributed by atoms with E-state index in [2.05, 4.69) is 0 Å². The monoisotopic (exact) mass is 750 g/mol. The van der Waals surface area contributed by atoms with Crippen LogP contribution in [0.3, 0.4) is 0 Å². The summed E-state index contributed by atoms with van der Waals surface area (Å²) in [7, 11) is 0. The average molecular weight is 751 g/mol. The standard InChI is InChI=1S/C33H34O20/c34-17(35)7-3-4-8-18(36)51-27-19(37)13-5-1-2-6-14(13)48-26(27)12-9-10-15(49-32-24(42)20(38)22(40)28(52-32)30(44)45)16(11-12)50-33-25(43)21(39)23(41)29(53-33)31(46)47/h1-2,5-6,9-11,20-25,28-29,32-33,38-43H,3-4,7-8H2,(H,34,35)(H,44,45)(H,46,47)/t20-,21-,22-,23-,24+,25+,28-,29-,32+,33+/m1/s1. The predicted octanol–water partition coefficient (Wildman–Crippen LogP) is -1.45. The van der Waals surface area contributed by atoms with Crippen molar-refractivity contribution in [2.75, 3.05) is 0 Å². The largest absolute Gasteiger partial charge is 0.481 e. The molecule has 20 nitrogen and oxygen atoms in total. The van der Waals surface area contributed by atoms with E-state index in [1.807, 2.05) is 0 Å². The average Bonchev–Trinajstić information content (AvgIpc) is 3.11. The first kappa shape index (κ1) is 39.0. The van der Waals surface area contributed by atoms with Crippen LogP contribution in [0.15, 0.2) is 51.7 Å². The van der Waals surface area contributed by atoms with E-state index in [9.17, 15) is 64.8 Å². The molecule has 0 saturated carbocycles. The third-order valence-electron chi connectivity index (χ3n) is 8.31. The number of aliphatic carboxylic acids is 3. The molecule has 3 heterocycles. The third-order valence-corrected chi connectivity index (χ3v) is 8.31. The fourth-order valence-electron chi connectivity index (χ4n) is 5.51. The van der Waals surface area contributed by atoms with Crippen molar-refractivity contribution in [3.63, 3.8) is 0 Å². The third kappa shape index (κ3) is 8.40. The maximum atomic E-state index is 13.6. The van der Waals surface area contributed by atoms with Gasteiger partial charge in [-0.3, -0.25) is 14.4 Å². The zero-order valence-corrected chi connectivity index (χ0v) is 27.2. The van der Waals surface area contributed by atoms with Crippen molar-refractivity contribution in [3.05, 3.63) is 52.7 Å². The molecule has 5 rings (SSSR count). The Labute approximate surface area is 296 Å². The Balaban J connectivity index is 1.58. The van der Waals surface area contributed by atoms with E-state index in [0.717, 1.165) is 12.1 Å². The number of fused-ring (bicyclic) bond motifs is 1. The molecule has 0 radical (unpaired) electrons. The lowest BCUT2D eigenvalue weighted by atomic mass is 9.99. The van der Waals surface area contributed by atoms with Gasteiger partial charge in [-0.05, 0) is 43.2 Å². The fraction of sp³-hybridized carbons (Fsp3) is 0.424. The Bertz CT molecular complexity index is 1910. The van der Waals surface area contributed by atoms with Crippen molar-refractivity contribution in [2.45, 2.75) is 87.1 Å². The molecule has 0 spiro atoms. The number of carbonyl (C=O) groups is 4. The first-order chi connectivity index (χ1) is 25.1. The van der Waals surface area contributed by atoms with Crippen LogP contribution in [0.5, 0.6) is 17.2 Å². The van der Waals surface area contributed by atoms with Gasteiger partial charge < -0.3 is 74.1 Å². The van der Waals surface area contributed by atoms with E-state index >= 15 is 0 Å². The van der Waals surface area contributed by atoms with Crippen LogP contribution in [-0.2, 0) is 28.7 Å². The van der Waals surface area contributed by atoms with Crippen molar-refractivity contribution in [1.82, 2.24) is 0 Å². The van der Waals surface area contributed by atoms with Gasteiger partial charge in [-0.15, -0.1) is 0 Å². The highest BCUT2D eigenvalue weighted by atomic mass is 16.7. The minimum absolute atomic E-state index is 0.00417. The molecule has 53 heavy (non-hydrogen) atoms. The molecule has 0 aliphatic carbocycles. The van der Waals surface area contributed by atoms with Crippen molar-refractivity contribution >= 4 is 34.8 Å². The number of carbonyl (C=O) groups excluding carboxylic acids is 1. The number of hydrogen-bond acceptors (Lipinski definition) is 17. The van der Waals surface area contributed by atoms with Gasteiger partial charge in [-0.1, -0.05) is 12.1 Å². The van der Waals surface area contributed by atoms with Crippen LogP contribution in [0.4, 0.5) is 0 Å². The van der Waals surface area contributed by atoms with Gasteiger partial charge in [0.05, 0.1) is 5.39 Å². The second-order valence-corrected chi connectivity index (χ2v) is 12.0. The first-order valence-electron chi connectivity index (χ1n) is 15.9. The number of aliphatic hydroxyl groups is 6. The summed E-state index contributed by atoms with van der Waals surface area (Å²) in [4.78, 5) is 60.7. The van der Waals surface area contributed by atoms with Crippen LogP contribution >= 0.6 is 0 Å². The van der Waals surface area contributed by atoms with Gasteiger partial charge in [0.15, 0.2) is 29.5 Å². The summed E-state index contributed by atoms with van der Waals surface area (Å²) in [6.07, 6.45) is -21.1. The second-order valence-electron chi connectivity index (χ2n) is 12.0. The molecule has 0 unspecified atom stereocenters. The zero-order chi connectivity index (χ0) is 38.7. The second kappa shape index (κ2) is 16.2. The summed E-state index contributed by atoms with van der Waals surface area (Å²) in [6.45, 7) is 0. The fourth-order valence-corrected chi connectivity index (χ4v) is 5.51. The van der Waals surface area contributed by atoms with Crippen LogP contribution in [0.1, 0.15) is 25.7 Å². The molecule has 1 aromatic heterocycles. The number of ether oxygens (including phenoxy) is 5. The Morgan fingerprint density at radius 3 is 1.77 bits per heavy atom. The SMILES string of the molecule is O=C(O)CCCCC(=O)Oc1c(-c2ccc(O[C@H]3O[C@@H](C(=O)O)[C@H](O)[C@@H](O)[C@@H]3O)c(O[C@H]3O[C@@H](C(=O)O)[C@H](O)[C@@H](O)[C@@H]3O)c2)oc2ccccc2c1=O. The number of carboxylic acid groups (broad SMARTS) is 3. The van der Waals surface area contributed by atoms with Gasteiger partial charge >= 0.3 is 23.9 Å². The molecular formula is C33H34O20. The molecule has 2 aliphatic heterocycles. The van der Waals surface area contributed by atoms with Gasteiger partial charge in [-0.25, -0.2) is 9.59 Å². The van der Waals surface area contributed by atoms with Gasteiger partial charge in [0.2, 0.25) is 23.8 Å². The minimum atomic E-state index is -2.13. The summed E-state index contributed by atoms with van der Waals surface area (Å²) >= 11 is 0. The number of rotatable bonds is 13. The molecule has 0 amide bonds. The number of unbranched alkanes of at least 4 members (excludes halogenated alkanes) is 1. The number of benzene rings is 2. The lowest BCUT2D eigenvalue weighted by Crippen LogP contribution is -2.61. The summed E-state index contributed by atoms with van der Waals surface area (Å²) in [6, 6.07) is 9.18. The Kier molecular flexibility index (Phi) is 11.9. The molecule has 0 bridgehead atoms. The summed E-state index contributed by atoms with van der Waals surface area (Å²) in [5.74, 6) is -7.52. The van der Waals surface area contributed by atoms with E-state index in [1.165, 1.54) is 24.3 Å². The van der Waals surface area contributed by atoms with Crippen LogP contribution in [0.25, 0.3) is 22.3 Å². The van der Waals surface area contributed by atoms with Gasteiger partial charge in [0, 0.05) is 18.4 Å². The van der Waals surface area contributed by atoms with Crippen molar-refractivity contribution in [3.8, 4) is 28.6 Å². The summed E-state index contributed by atoms with van der Waals surface area (Å²) in [5, 5.41) is 89.9. The van der Waals surface area contributed by atoms with Crippen LogP contribution in [0, 0.1) is 0 Å². The van der Waals surface area contributed by atoms with E-state index in [-0.39, 0.29) is 48.0 Å². The molecule has 3 aromatic rings. The lowest BCUT2D eigenvalue weighted by molar-refractivity contribution is -0.276. The van der Waals surface area contributed by atoms with Crippen molar-refractivity contribution < 1.29 is 93.2 Å². The van der Waals surface area contributed by atoms with Crippen LogP contribution in [0.2, 0.25) is 0 Å². The van der Waals surface area contributed by atoms with Gasteiger partial charge in [-0.2, -0.15) is 0 Å². The van der Waals surface area contributed by atoms with Gasteiger partial charge in [0.1, 0.15) is 42.2 Å². The quantitative estimate of drug-likeness (QED) is 0.0713. The Morgan fingerprint density at radius 1 is 0.660 bits per heavy atom. The number of carboxylic acids is 3. The molecule has 9 N–H and O–H groups in total. The Hall–Kier alpha value is -5.19. The maximum absolute atomic E-state index is 13.6. The van der Waals surface area contributed by atoms with E-state index < -0.39 is 108 Å². The molecule has 2 aromatic carbocycles. The molecule has 2 fully saturated rings. The lowest BCUT2D eigenvalue weighted by Gasteiger charge is -2.39. The van der Waals surface area contributed by atoms with Crippen molar-refractivity contribution in [2.24, 2.45) is 0 Å². The highest BCUT2D eigenvalue weighted by Gasteiger charge is 2.50. The number of hydrogen-bond donors (Lipinski definition) is 9. The number of aliphatic hydroxyl groups excluding tert-OH is 6. The van der Waals surface area contributed by atoms with E-state index in [0.29, 0.717) is 0 Å². The highest BCUT2D eigenvalue weighted by molar-refractivity contribution is 5.84. The highest BCUT2D eigenvalue weighted by Crippen LogP contribution is 2.40. The van der Waals surface area contributed by atoms with Crippen LogP contribution in [-0.4, -0.2) is 131 Å². The summed E-state index contributed by atoms with van der Waals surface area (Å²) in [5.41, 5.74) is -0.898. The van der Waals surface area contributed by atoms with E-state index in [4.69, 9.17) is 33.2 Å². The molecule has 20 heteroatoms. The van der Waals surface area contributed by atoms with E-state index in [1.54, 1.807) is 6.07 Å². The zero-order valence-electron chi connectivity index (χ0n) is 27.2. The number of para-hydroxylation sites is 1. The maximum Gasteiger partial charge on any atom is 0.335 e. The molecule has 10 atom stereocenters. The molecular weight excluding hydrogens is 716 g/mol. The molecule has 2 saturated heterocycles. The smallest absolute Gasteiger partial charge is 0.335 e. The Morgan fingerprint density at radius 2 is 1.21 bits per heavy atom. The summed E-state index contributed by atoms with van der Waals surface area (Å²) < 4.78 is 33.1. The van der Waals surface area contributed by atoms with Gasteiger partial charge in [0.25, 0.3) is 0 Å². The van der Waals surface area contributed by atoms with Crippen LogP contribution < -0.4 is 19.6 Å². The molecule has 2 aliphatic rings. The normalized spacial score (nSPS) is 28.6. The van der Waals surface area contributed by atoms with Crippen molar-refractivity contribution in [1.29, 1.82) is 0 Å². The minimum Gasteiger partial charge on any atom is -0.481 e. The topological polar surface area (TPSA) is 327 Å². The molecule has 286 valence electrons. The number of esters is 1.